The largest absolute Gasteiger partial charge is 0.325 e. The Labute approximate surface area is 137 Å². The van der Waals surface area contributed by atoms with Crippen molar-refractivity contribution in [2.75, 3.05) is 13.1 Å². The molecule has 0 aliphatic carbocycles. The van der Waals surface area contributed by atoms with E-state index in [9.17, 15) is 18.5 Å². The Morgan fingerprint density at radius 1 is 1.38 bits per heavy atom. The van der Waals surface area contributed by atoms with Crippen LogP contribution in [0.4, 0.5) is 5.69 Å². The highest BCUT2D eigenvalue weighted by Gasteiger charge is 2.49. The Bertz CT molecular complexity index is 919. The van der Waals surface area contributed by atoms with Gasteiger partial charge in [0.25, 0.3) is 5.69 Å². The summed E-state index contributed by atoms with van der Waals surface area (Å²) >= 11 is 0. The quantitative estimate of drug-likeness (QED) is 0.613. The number of aromatic nitrogens is 2. The van der Waals surface area contributed by atoms with Crippen molar-refractivity contribution in [2.24, 2.45) is 0 Å². The lowest BCUT2D eigenvalue weighted by atomic mass is 9.89. The number of hydrogen-bond acceptors (Lipinski definition) is 6. The molecule has 1 fully saturated rings. The van der Waals surface area contributed by atoms with Crippen LogP contribution in [0.25, 0.3) is 0 Å². The molecule has 10 heteroatoms. The second-order valence-corrected chi connectivity index (χ2v) is 7.77. The summed E-state index contributed by atoms with van der Waals surface area (Å²) in [6.07, 6.45) is 4.05. The average Bonchev–Trinajstić information content (AvgIpc) is 3.08. The molecule has 0 amide bonds. The van der Waals surface area contributed by atoms with Crippen LogP contribution in [-0.2, 0) is 15.6 Å². The molecule has 1 atom stereocenters. The zero-order valence-corrected chi connectivity index (χ0v) is 13.4. The van der Waals surface area contributed by atoms with Crippen molar-refractivity contribution in [3.05, 3.63) is 52.6 Å². The summed E-state index contributed by atoms with van der Waals surface area (Å²) in [6.45, 7) is 1.50. The third-order valence-corrected chi connectivity index (χ3v) is 6.15. The van der Waals surface area contributed by atoms with Crippen LogP contribution in [0, 0.1) is 10.1 Å². The Kier molecular flexibility index (Phi) is 3.24. The van der Waals surface area contributed by atoms with Gasteiger partial charge in [0.15, 0.2) is 4.90 Å². The molecule has 1 spiro atoms. The molecule has 1 aromatic carbocycles. The Morgan fingerprint density at radius 2 is 2.12 bits per heavy atom. The number of para-hydroxylation sites is 1. The number of nitro groups is 1. The Balaban J connectivity index is 1.68. The van der Waals surface area contributed by atoms with E-state index in [2.05, 4.69) is 15.0 Å². The molecule has 4 rings (SSSR count). The van der Waals surface area contributed by atoms with E-state index < -0.39 is 26.7 Å². The fraction of sp³-hybridized carbons (Fsp3) is 0.357. The molecule has 0 saturated carbocycles. The molecule has 3 heterocycles. The van der Waals surface area contributed by atoms with Crippen molar-refractivity contribution in [3.63, 3.8) is 0 Å². The van der Waals surface area contributed by atoms with Gasteiger partial charge in [-0.05, 0) is 12.5 Å². The van der Waals surface area contributed by atoms with Crippen molar-refractivity contribution < 1.29 is 13.3 Å². The third kappa shape index (κ3) is 2.14. The number of hydrogen-bond donors (Lipinski definition) is 2. The first-order valence-corrected chi connectivity index (χ1v) is 8.91. The summed E-state index contributed by atoms with van der Waals surface area (Å²) in [4.78, 5) is 14.3. The highest BCUT2D eigenvalue weighted by Crippen LogP contribution is 2.41. The molecule has 0 radical (unpaired) electrons. The second kappa shape index (κ2) is 5.10. The number of benzene rings is 1. The first-order chi connectivity index (χ1) is 11.4. The van der Waals surface area contributed by atoms with E-state index in [-0.39, 0.29) is 10.4 Å². The SMILES string of the molecule is O=[N+]([O-])c1ccccc1S(=O)(=O)NC1CC2(CNC2)n2ccnc21. The second-order valence-electron chi connectivity index (χ2n) is 6.09. The van der Waals surface area contributed by atoms with Gasteiger partial charge in [-0.25, -0.2) is 18.1 Å². The van der Waals surface area contributed by atoms with E-state index in [0.717, 1.165) is 13.1 Å². The molecule has 1 aromatic heterocycles. The molecule has 126 valence electrons. The summed E-state index contributed by atoms with van der Waals surface area (Å²) in [7, 11) is -4.04. The number of sulfonamides is 1. The van der Waals surface area contributed by atoms with Gasteiger partial charge >= 0.3 is 0 Å². The molecule has 2 aromatic rings. The maximum Gasteiger partial charge on any atom is 0.289 e. The fourth-order valence-electron chi connectivity index (χ4n) is 3.45. The van der Waals surface area contributed by atoms with Crippen LogP contribution in [0.2, 0.25) is 0 Å². The van der Waals surface area contributed by atoms with Crippen molar-refractivity contribution in [2.45, 2.75) is 22.9 Å². The summed E-state index contributed by atoms with van der Waals surface area (Å²) in [5.41, 5.74) is -0.604. The lowest BCUT2D eigenvalue weighted by Crippen LogP contribution is -2.59. The van der Waals surface area contributed by atoms with Gasteiger partial charge in [-0.1, -0.05) is 12.1 Å². The molecule has 1 saturated heterocycles. The molecular weight excluding hydrogens is 334 g/mol. The number of nitrogens with zero attached hydrogens (tertiary/aromatic N) is 3. The summed E-state index contributed by atoms with van der Waals surface area (Å²) in [6, 6.07) is 4.82. The van der Waals surface area contributed by atoms with Crippen LogP contribution in [0.15, 0.2) is 41.6 Å². The van der Waals surface area contributed by atoms with Gasteiger partial charge in [-0.15, -0.1) is 0 Å². The normalized spacial score (nSPS) is 21.4. The van der Waals surface area contributed by atoms with Gasteiger partial charge in [0.05, 0.1) is 16.5 Å². The van der Waals surface area contributed by atoms with Gasteiger partial charge in [0.1, 0.15) is 5.82 Å². The topological polar surface area (TPSA) is 119 Å². The lowest BCUT2D eigenvalue weighted by molar-refractivity contribution is -0.387. The minimum Gasteiger partial charge on any atom is -0.325 e. The van der Waals surface area contributed by atoms with Gasteiger partial charge in [0, 0.05) is 31.5 Å². The molecule has 24 heavy (non-hydrogen) atoms. The van der Waals surface area contributed by atoms with Gasteiger partial charge < -0.3 is 9.88 Å². The van der Waals surface area contributed by atoms with Crippen molar-refractivity contribution in [1.29, 1.82) is 0 Å². The van der Waals surface area contributed by atoms with E-state index in [4.69, 9.17) is 0 Å². The smallest absolute Gasteiger partial charge is 0.289 e. The van der Waals surface area contributed by atoms with Crippen LogP contribution >= 0.6 is 0 Å². The van der Waals surface area contributed by atoms with Crippen LogP contribution in [0.1, 0.15) is 18.3 Å². The summed E-state index contributed by atoms with van der Waals surface area (Å²) in [5, 5.41) is 14.3. The van der Waals surface area contributed by atoms with Crippen LogP contribution in [0.5, 0.6) is 0 Å². The fourth-order valence-corrected chi connectivity index (χ4v) is 4.82. The van der Waals surface area contributed by atoms with E-state index in [0.29, 0.717) is 12.2 Å². The third-order valence-electron chi connectivity index (χ3n) is 4.63. The standard InChI is InChI=1S/C14H15N5O4S/c20-19(21)11-3-1-2-4-12(11)24(22,23)17-10-7-14(8-15-9-14)18-6-5-16-13(10)18/h1-6,10,15,17H,7-9H2. The van der Waals surface area contributed by atoms with Crippen LogP contribution in [-0.4, -0.2) is 36.0 Å². The number of imidazole rings is 1. The number of fused-ring (bicyclic) bond motifs is 2. The summed E-state index contributed by atoms with van der Waals surface area (Å²) < 4.78 is 30.0. The van der Waals surface area contributed by atoms with E-state index in [1.165, 1.54) is 24.3 Å². The molecule has 2 aliphatic heterocycles. The molecular formula is C14H15N5O4S. The lowest BCUT2D eigenvalue weighted by Gasteiger charge is -2.41. The van der Waals surface area contributed by atoms with Crippen molar-refractivity contribution in [1.82, 2.24) is 19.6 Å². The predicted octanol–water partition coefficient (Wildman–Crippen LogP) is 0.513. The van der Waals surface area contributed by atoms with Crippen molar-refractivity contribution >= 4 is 15.7 Å². The van der Waals surface area contributed by atoms with E-state index >= 15 is 0 Å². The number of rotatable bonds is 4. The molecule has 9 nitrogen and oxygen atoms in total. The maximum atomic E-state index is 12.7. The van der Waals surface area contributed by atoms with Gasteiger partial charge in [-0.3, -0.25) is 10.1 Å². The maximum absolute atomic E-state index is 12.7. The Hall–Kier alpha value is -2.30. The van der Waals surface area contributed by atoms with E-state index in [1.807, 2.05) is 10.8 Å². The first kappa shape index (κ1) is 15.2. The highest BCUT2D eigenvalue weighted by atomic mass is 32.2. The highest BCUT2D eigenvalue weighted by molar-refractivity contribution is 7.89. The number of nitrogens with one attached hydrogen (secondary N) is 2. The van der Waals surface area contributed by atoms with Crippen LogP contribution in [0.3, 0.4) is 0 Å². The first-order valence-electron chi connectivity index (χ1n) is 7.43. The molecule has 2 N–H and O–H groups in total. The zero-order chi connectivity index (χ0) is 16.9. The minimum atomic E-state index is -4.04. The Morgan fingerprint density at radius 3 is 2.79 bits per heavy atom. The number of nitro benzene ring substituents is 1. The van der Waals surface area contributed by atoms with Gasteiger partial charge in [-0.2, -0.15) is 0 Å². The zero-order valence-electron chi connectivity index (χ0n) is 12.5. The predicted molar refractivity (Wildman–Crippen MR) is 83.8 cm³/mol. The monoisotopic (exact) mass is 349 g/mol. The molecule has 0 bridgehead atoms. The minimum absolute atomic E-state index is 0.165. The molecule has 2 aliphatic rings. The van der Waals surface area contributed by atoms with Crippen LogP contribution < -0.4 is 10.0 Å². The van der Waals surface area contributed by atoms with Gasteiger partial charge in [0.2, 0.25) is 10.0 Å². The average molecular weight is 349 g/mol. The van der Waals surface area contributed by atoms with E-state index in [1.54, 1.807) is 6.20 Å². The van der Waals surface area contributed by atoms with Crippen molar-refractivity contribution in [3.8, 4) is 0 Å². The molecule has 1 unspecified atom stereocenters. The summed E-state index contributed by atoms with van der Waals surface area (Å²) in [5.74, 6) is 0.638.